The molecule has 1 fully saturated rings. The van der Waals surface area contributed by atoms with E-state index in [0.717, 1.165) is 6.42 Å². The molecule has 0 radical (unpaired) electrons. The van der Waals surface area contributed by atoms with Crippen LogP contribution in [0.15, 0.2) is 12.2 Å². The van der Waals surface area contributed by atoms with Gasteiger partial charge in [0, 0.05) is 0 Å². The molecule has 13 heavy (non-hydrogen) atoms. The third-order valence-corrected chi connectivity index (χ3v) is 2.27. The van der Waals surface area contributed by atoms with Crippen molar-refractivity contribution in [1.29, 1.82) is 0 Å². The average Bonchev–Trinajstić information content (AvgIpc) is 2.32. The molecule has 3 nitrogen and oxygen atoms in total. The van der Waals surface area contributed by atoms with Gasteiger partial charge in [-0.2, -0.15) is 0 Å². The number of carbonyl (C=O) groups excluding carboxylic acids is 2. The normalized spacial score (nSPS) is 28.5. The molecule has 0 aliphatic carbocycles. The Balaban J connectivity index is 2.54. The van der Waals surface area contributed by atoms with Crippen LogP contribution in [-0.2, 0) is 14.3 Å². The van der Waals surface area contributed by atoms with E-state index >= 15 is 0 Å². The summed E-state index contributed by atoms with van der Waals surface area (Å²) >= 11 is 0. The summed E-state index contributed by atoms with van der Waals surface area (Å²) < 4.78 is 4.51. The van der Waals surface area contributed by atoms with Gasteiger partial charge in [0.15, 0.2) is 0 Å². The summed E-state index contributed by atoms with van der Waals surface area (Å²) in [6.07, 6.45) is 5.48. The molecule has 0 aromatic carbocycles. The molecule has 1 aliphatic rings. The molecule has 1 aliphatic heterocycles. The summed E-state index contributed by atoms with van der Waals surface area (Å²) in [5.74, 6) is -1.32. The summed E-state index contributed by atoms with van der Waals surface area (Å²) in [6.45, 7) is 3.76. The molecule has 0 bridgehead atoms. The number of carbonyl (C=O) groups is 2. The molecule has 1 rings (SSSR count). The number of allylic oxidation sites excluding steroid dienone is 2. The molecule has 0 N–H and O–H groups in total. The largest absolute Gasteiger partial charge is 0.393 e. The first-order valence-electron chi connectivity index (χ1n) is 4.57. The first kappa shape index (κ1) is 9.96. The van der Waals surface area contributed by atoms with Crippen LogP contribution in [0.3, 0.4) is 0 Å². The molecule has 0 spiro atoms. The number of esters is 2. The maximum Gasteiger partial charge on any atom is 0.317 e. The minimum absolute atomic E-state index is 0.268. The van der Waals surface area contributed by atoms with Gasteiger partial charge in [0.2, 0.25) is 0 Å². The van der Waals surface area contributed by atoms with E-state index in [-0.39, 0.29) is 23.8 Å². The summed E-state index contributed by atoms with van der Waals surface area (Å²) in [7, 11) is 0. The first-order valence-corrected chi connectivity index (χ1v) is 4.57. The fourth-order valence-corrected chi connectivity index (χ4v) is 1.35. The van der Waals surface area contributed by atoms with E-state index in [4.69, 9.17) is 0 Å². The zero-order valence-electron chi connectivity index (χ0n) is 7.95. The van der Waals surface area contributed by atoms with Gasteiger partial charge in [-0.05, 0) is 12.8 Å². The standard InChI is InChI=1S/C10H14O3/c1-3-4-5-6-8-7(2)9(11)13-10(8)12/h4-5,7-8H,3,6H2,1-2H3. The monoisotopic (exact) mass is 182 g/mol. The Kier molecular flexibility index (Phi) is 3.23. The predicted octanol–water partition coefficient (Wildman–Crippen LogP) is 1.68. The van der Waals surface area contributed by atoms with E-state index in [1.54, 1.807) is 6.92 Å². The van der Waals surface area contributed by atoms with Crippen molar-refractivity contribution in [3.8, 4) is 0 Å². The fraction of sp³-hybridized carbons (Fsp3) is 0.600. The summed E-state index contributed by atoms with van der Waals surface area (Å²) in [5, 5.41) is 0. The van der Waals surface area contributed by atoms with Crippen LogP contribution in [0.5, 0.6) is 0 Å². The molecular weight excluding hydrogens is 168 g/mol. The van der Waals surface area contributed by atoms with Crippen molar-refractivity contribution in [2.45, 2.75) is 26.7 Å². The topological polar surface area (TPSA) is 43.4 Å². The van der Waals surface area contributed by atoms with Gasteiger partial charge in [-0.3, -0.25) is 9.59 Å². The smallest absolute Gasteiger partial charge is 0.317 e. The van der Waals surface area contributed by atoms with Gasteiger partial charge in [0.05, 0.1) is 11.8 Å². The maximum atomic E-state index is 11.1. The number of rotatable bonds is 3. The van der Waals surface area contributed by atoms with E-state index in [0.29, 0.717) is 6.42 Å². The fourth-order valence-electron chi connectivity index (χ4n) is 1.35. The van der Waals surface area contributed by atoms with Gasteiger partial charge in [0.1, 0.15) is 0 Å². The number of cyclic esters (lactones) is 2. The molecule has 0 amide bonds. The van der Waals surface area contributed by atoms with E-state index in [2.05, 4.69) is 4.74 Å². The molecule has 1 saturated heterocycles. The Hall–Kier alpha value is -1.12. The van der Waals surface area contributed by atoms with Crippen LogP contribution in [0.4, 0.5) is 0 Å². The van der Waals surface area contributed by atoms with Crippen LogP contribution in [0, 0.1) is 11.8 Å². The summed E-state index contributed by atoms with van der Waals surface area (Å²) in [6, 6.07) is 0. The first-order chi connectivity index (χ1) is 6.16. The Morgan fingerprint density at radius 3 is 2.46 bits per heavy atom. The van der Waals surface area contributed by atoms with Crippen molar-refractivity contribution < 1.29 is 14.3 Å². The second-order valence-corrected chi connectivity index (χ2v) is 3.25. The SMILES string of the molecule is CCC=CCC1C(=O)OC(=O)C1C. The second-order valence-electron chi connectivity index (χ2n) is 3.25. The minimum Gasteiger partial charge on any atom is -0.393 e. The molecule has 3 heteroatoms. The van der Waals surface area contributed by atoms with Crippen molar-refractivity contribution in [3.05, 3.63) is 12.2 Å². The molecule has 2 unspecified atom stereocenters. The Morgan fingerprint density at radius 1 is 1.31 bits per heavy atom. The molecule has 0 aromatic heterocycles. The van der Waals surface area contributed by atoms with E-state index < -0.39 is 0 Å². The highest BCUT2D eigenvalue weighted by atomic mass is 16.6. The maximum absolute atomic E-state index is 11.1. The van der Waals surface area contributed by atoms with Crippen LogP contribution < -0.4 is 0 Å². The zero-order chi connectivity index (χ0) is 9.84. The minimum atomic E-state index is -0.389. The van der Waals surface area contributed by atoms with Gasteiger partial charge >= 0.3 is 11.9 Å². The van der Waals surface area contributed by atoms with Crippen LogP contribution >= 0.6 is 0 Å². The van der Waals surface area contributed by atoms with Crippen LogP contribution in [0.2, 0.25) is 0 Å². The van der Waals surface area contributed by atoms with Gasteiger partial charge in [-0.15, -0.1) is 0 Å². The number of ether oxygens (including phenoxy) is 1. The number of hydrogen-bond acceptors (Lipinski definition) is 3. The van der Waals surface area contributed by atoms with Crippen LogP contribution in [-0.4, -0.2) is 11.9 Å². The molecule has 0 saturated carbocycles. The molecule has 72 valence electrons. The third-order valence-electron chi connectivity index (χ3n) is 2.27. The lowest BCUT2D eigenvalue weighted by Gasteiger charge is -2.04. The predicted molar refractivity (Wildman–Crippen MR) is 47.8 cm³/mol. The molecule has 0 aromatic rings. The lowest BCUT2D eigenvalue weighted by atomic mass is 9.93. The highest BCUT2D eigenvalue weighted by Crippen LogP contribution is 2.26. The molecular formula is C10H14O3. The lowest BCUT2D eigenvalue weighted by Crippen LogP contribution is -2.13. The van der Waals surface area contributed by atoms with Gasteiger partial charge < -0.3 is 4.74 Å². The van der Waals surface area contributed by atoms with Gasteiger partial charge in [-0.25, -0.2) is 0 Å². The van der Waals surface area contributed by atoms with E-state index in [1.807, 2.05) is 19.1 Å². The summed E-state index contributed by atoms with van der Waals surface area (Å²) in [4.78, 5) is 22.1. The van der Waals surface area contributed by atoms with Gasteiger partial charge in [0.25, 0.3) is 0 Å². The second kappa shape index (κ2) is 4.21. The van der Waals surface area contributed by atoms with Crippen molar-refractivity contribution in [2.75, 3.05) is 0 Å². The van der Waals surface area contributed by atoms with E-state index in [9.17, 15) is 9.59 Å². The van der Waals surface area contributed by atoms with Crippen molar-refractivity contribution in [1.82, 2.24) is 0 Å². The van der Waals surface area contributed by atoms with Crippen molar-refractivity contribution in [3.63, 3.8) is 0 Å². The highest BCUT2D eigenvalue weighted by molar-refractivity contribution is 5.96. The van der Waals surface area contributed by atoms with Crippen LogP contribution in [0.1, 0.15) is 26.7 Å². The third kappa shape index (κ3) is 2.17. The quantitative estimate of drug-likeness (QED) is 0.379. The lowest BCUT2D eigenvalue weighted by molar-refractivity contribution is -0.153. The highest BCUT2D eigenvalue weighted by Gasteiger charge is 2.40. The average molecular weight is 182 g/mol. The summed E-state index contributed by atoms with van der Waals surface area (Å²) in [5.41, 5.74) is 0. The molecule has 1 heterocycles. The van der Waals surface area contributed by atoms with Gasteiger partial charge in [-0.1, -0.05) is 26.0 Å². The van der Waals surface area contributed by atoms with Crippen LogP contribution in [0.25, 0.3) is 0 Å². The Bertz CT molecular complexity index is 243. The number of hydrogen-bond donors (Lipinski definition) is 0. The molecule has 2 atom stereocenters. The zero-order valence-corrected chi connectivity index (χ0v) is 7.95. The Morgan fingerprint density at radius 2 is 2.00 bits per heavy atom. The Labute approximate surface area is 77.8 Å². The van der Waals surface area contributed by atoms with E-state index in [1.165, 1.54) is 0 Å². The van der Waals surface area contributed by atoms with Crippen molar-refractivity contribution in [2.24, 2.45) is 11.8 Å². The van der Waals surface area contributed by atoms with Crippen molar-refractivity contribution >= 4 is 11.9 Å².